The normalized spacial score (nSPS) is 12.9. The molecule has 1 unspecified atom stereocenters. The van der Waals surface area contributed by atoms with Gasteiger partial charge in [0.15, 0.2) is 0 Å². The summed E-state index contributed by atoms with van der Waals surface area (Å²) in [6, 6.07) is 2.36. The van der Waals surface area contributed by atoms with E-state index in [4.69, 9.17) is 4.55 Å². The summed E-state index contributed by atoms with van der Waals surface area (Å²) in [4.78, 5) is 10.8. The third-order valence-corrected chi connectivity index (χ3v) is 5.59. The monoisotopic (exact) mass is 497 g/mol. The molecule has 2 rings (SSSR count). The maximum absolute atomic E-state index is 11.6. The zero-order valence-corrected chi connectivity index (χ0v) is 18.3. The molecule has 0 bridgehead atoms. The van der Waals surface area contributed by atoms with E-state index in [1.807, 2.05) is 0 Å². The fourth-order valence-electron chi connectivity index (χ4n) is 2.17. The Morgan fingerprint density at radius 3 is 2.10 bits per heavy atom. The van der Waals surface area contributed by atoms with E-state index in [-0.39, 0.29) is 30.9 Å². The maximum Gasteiger partial charge on any atom is 0.296 e. The molecular weight excluding hydrogens is 478 g/mol. The van der Waals surface area contributed by atoms with Crippen molar-refractivity contribution in [1.29, 1.82) is 0 Å². The summed E-state index contributed by atoms with van der Waals surface area (Å²) in [5.41, 5.74) is -0.422. The van der Waals surface area contributed by atoms with Crippen LogP contribution in [0.4, 0.5) is 23.5 Å². The third kappa shape index (κ3) is 7.61. The highest BCUT2D eigenvalue weighted by Crippen LogP contribution is 2.27. The van der Waals surface area contributed by atoms with Crippen LogP contribution in [0, 0.1) is 0 Å². The zero-order valence-electron chi connectivity index (χ0n) is 15.8. The Balaban J connectivity index is 2.42. The Hall–Kier alpha value is -2.48. The van der Waals surface area contributed by atoms with Crippen molar-refractivity contribution < 1.29 is 34.7 Å². The van der Waals surface area contributed by atoms with Crippen molar-refractivity contribution >= 4 is 55.0 Å². The van der Waals surface area contributed by atoms with Crippen molar-refractivity contribution in [1.82, 2.24) is 19.7 Å². The molecule has 1 heterocycles. The molecule has 0 fully saturated rings. The van der Waals surface area contributed by atoms with E-state index in [1.165, 1.54) is 0 Å². The Morgan fingerprint density at radius 1 is 0.935 bits per heavy atom. The van der Waals surface area contributed by atoms with Crippen molar-refractivity contribution in [2.75, 3.05) is 35.6 Å². The summed E-state index contributed by atoms with van der Waals surface area (Å²) >= 11 is -2.20. The van der Waals surface area contributed by atoms with E-state index >= 15 is 0 Å². The topological polar surface area (TPSA) is 233 Å². The molecule has 0 saturated heterocycles. The second-order valence-electron chi connectivity index (χ2n) is 5.64. The lowest BCUT2D eigenvalue weighted by atomic mass is 10.3. The van der Waals surface area contributed by atoms with Gasteiger partial charge < -0.3 is 16.0 Å². The van der Waals surface area contributed by atoms with Gasteiger partial charge in [-0.15, -0.1) is 0 Å². The number of benzene rings is 1. The van der Waals surface area contributed by atoms with Crippen LogP contribution in [0.25, 0.3) is 0 Å². The zero-order chi connectivity index (χ0) is 23.2. The molecule has 31 heavy (non-hydrogen) atoms. The molecule has 15 nitrogen and oxygen atoms in total. The van der Waals surface area contributed by atoms with E-state index in [2.05, 4.69) is 35.6 Å². The van der Waals surface area contributed by atoms with Crippen molar-refractivity contribution in [3.05, 3.63) is 18.2 Å². The average Bonchev–Trinajstić information content (AvgIpc) is 2.63. The molecule has 1 aromatic carbocycles. The molecule has 0 aliphatic carbocycles. The first kappa shape index (κ1) is 24.8. The number of aromatic nitrogens is 3. The van der Waals surface area contributed by atoms with Crippen LogP contribution < -0.4 is 20.7 Å². The third-order valence-electron chi connectivity index (χ3n) is 3.38. The molecule has 1 aromatic heterocycles. The Labute approximate surface area is 180 Å². The number of anilines is 4. The predicted octanol–water partition coefficient (Wildman–Crippen LogP) is -0.321. The molecule has 2 aromatic rings. The summed E-state index contributed by atoms with van der Waals surface area (Å²) in [7, 11) is -9.45. The van der Waals surface area contributed by atoms with Gasteiger partial charge in [0.25, 0.3) is 20.2 Å². The van der Waals surface area contributed by atoms with E-state index < -0.39 is 47.0 Å². The molecule has 0 saturated carbocycles. The first-order valence-corrected chi connectivity index (χ1v) is 12.3. The van der Waals surface area contributed by atoms with Crippen LogP contribution >= 0.6 is 0 Å². The van der Waals surface area contributed by atoms with Crippen molar-refractivity contribution in [2.45, 2.75) is 16.7 Å². The lowest BCUT2D eigenvalue weighted by Gasteiger charge is -2.13. The minimum atomic E-state index is -4.77. The van der Waals surface area contributed by atoms with Gasteiger partial charge in [0.05, 0.1) is 10.6 Å². The van der Waals surface area contributed by atoms with Gasteiger partial charge in [-0.2, -0.15) is 31.8 Å². The fourth-order valence-corrected chi connectivity index (χ4v) is 3.58. The summed E-state index contributed by atoms with van der Waals surface area (Å²) in [6.45, 7) is 2.40. The molecule has 1 atom stereocenters. The van der Waals surface area contributed by atoms with E-state index in [9.17, 15) is 30.1 Å². The fraction of sp³-hybridized carbons (Fsp3) is 0.308. The molecular formula is C13H19N7O8S3. The first-order valence-electron chi connectivity index (χ1n) is 8.34. The Kier molecular flexibility index (Phi) is 8.17. The van der Waals surface area contributed by atoms with Crippen molar-refractivity contribution in [2.24, 2.45) is 0 Å². The van der Waals surface area contributed by atoms with Crippen LogP contribution in [0.5, 0.6) is 0 Å². The smallest absolute Gasteiger partial charge is 0.296 e. The molecule has 18 heteroatoms. The quantitative estimate of drug-likeness (QED) is 0.120. The molecule has 0 amide bonds. The molecule has 172 valence electrons. The molecule has 0 spiro atoms. The minimum Gasteiger partial charge on any atom is -0.354 e. The van der Waals surface area contributed by atoms with E-state index in [1.54, 1.807) is 6.92 Å². The second-order valence-corrected chi connectivity index (χ2v) is 9.24. The SMILES string of the molecule is CCNc1nc(NCCNS(=O)O)nc(Nc2cc(S(=O)(=O)O)ccc2S(=O)(=O)O)n1. The average molecular weight is 498 g/mol. The first-order chi connectivity index (χ1) is 14.4. The highest BCUT2D eigenvalue weighted by molar-refractivity contribution is 7.86. The number of rotatable bonds is 11. The van der Waals surface area contributed by atoms with Crippen LogP contribution in [0.1, 0.15) is 6.92 Å². The van der Waals surface area contributed by atoms with Crippen LogP contribution in [0.2, 0.25) is 0 Å². The maximum atomic E-state index is 11.6. The summed E-state index contributed by atoms with van der Waals surface area (Å²) in [6.07, 6.45) is 0. The van der Waals surface area contributed by atoms with Gasteiger partial charge in [-0.05, 0) is 25.1 Å². The van der Waals surface area contributed by atoms with Gasteiger partial charge in [0.2, 0.25) is 29.1 Å². The van der Waals surface area contributed by atoms with Crippen LogP contribution in [-0.2, 0) is 31.5 Å². The minimum absolute atomic E-state index is 0.00156. The number of hydrogen-bond donors (Lipinski definition) is 7. The van der Waals surface area contributed by atoms with Crippen molar-refractivity contribution in [3.63, 3.8) is 0 Å². The largest absolute Gasteiger partial charge is 0.354 e. The van der Waals surface area contributed by atoms with E-state index in [0.717, 1.165) is 18.2 Å². The standard InChI is InChI=1S/C13H19N7O8S3/c1-2-14-11-18-12(15-5-6-16-29(21)22)20-13(19-11)17-9-7-8(30(23,24)25)3-4-10(9)31(26,27)28/h3-4,7,16H,2,5-6H2,1H3,(H,21,22)(H,23,24,25)(H,26,27,28)(H3,14,15,17,18,19,20). The van der Waals surface area contributed by atoms with Gasteiger partial charge in [0, 0.05) is 19.6 Å². The summed E-state index contributed by atoms with van der Waals surface area (Å²) < 4.78 is 86.2. The highest BCUT2D eigenvalue weighted by Gasteiger charge is 2.21. The molecule has 0 radical (unpaired) electrons. The van der Waals surface area contributed by atoms with Crippen LogP contribution in [0.3, 0.4) is 0 Å². The van der Waals surface area contributed by atoms with Gasteiger partial charge in [-0.1, -0.05) is 0 Å². The number of nitrogens with one attached hydrogen (secondary N) is 4. The highest BCUT2D eigenvalue weighted by atomic mass is 32.2. The van der Waals surface area contributed by atoms with Crippen molar-refractivity contribution in [3.8, 4) is 0 Å². The summed E-state index contributed by atoms with van der Waals surface area (Å²) in [5.74, 6) is -0.164. The lowest BCUT2D eigenvalue weighted by molar-refractivity contribution is 0.479. The number of hydrogen-bond acceptors (Lipinski definition) is 11. The Bertz CT molecular complexity index is 1170. The lowest BCUT2D eigenvalue weighted by Crippen LogP contribution is -2.24. The van der Waals surface area contributed by atoms with Gasteiger partial charge in [0.1, 0.15) is 4.90 Å². The Morgan fingerprint density at radius 2 is 1.55 bits per heavy atom. The molecule has 0 aliphatic rings. The van der Waals surface area contributed by atoms with Crippen LogP contribution in [0.15, 0.2) is 28.0 Å². The van der Waals surface area contributed by atoms with Gasteiger partial charge >= 0.3 is 0 Å². The van der Waals surface area contributed by atoms with Crippen LogP contribution in [-0.4, -0.2) is 69.3 Å². The van der Waals surface area contributed by atoms with E-state index in [0.29, 0.717) is 6.54 Å². The number of nitrogens with zero attached hydrogens (tertiary/aromatic N) is 3. The molecule has 0 aliphatic heterocycles. The second kappa shape index (κ2) is 10.2. The van der Waals surface area contributed by atoms with Gasteiger partial charge in [-0.25, -0.2) is 8.93 Å². The summed E-state index contributed by atoms with van der Waals surface area (Å²) in [5, 5.41) is 8.04. The molecule has 7 N–H and O–H groups in total. The predicted molar refractivity (Wildman–Crippen MR) is 111 cm³/mol. The van der Waals surface area contributed by atoms with Gasteiger partial charge in [-0.3, -0.25) is 13.7 Å².